The molecule has 2 aliphatic heterocycles. The summed E-state index contributed by atoms with van der Waals surface area (Å²) in [6.07, 6.45) is 12.8. The molecule has 5 rings (SSSR count). The maximum absolute atomic E-state index is 4.09. The van der Waals surface area contributed by atoms with Gasteiger partial charge in [-0.25, -0.2) is 0 Å². The lowest BCUT2D eigenvalue weighted by molar-refractivity contribution is 0.172. The fourth-order valence-corrected chi connectivity index (χ4v) is 6.13. The Morgan fingerprint density at radius 3 is 2.86 bits per heavy atom. The molecule has 2 aliphatic carbocycles. The molecule has 22 heavy (non-hydrogen) atoms. The van der Waals surface area contributed by atoms with Crippen LogP contribution < -0.4 is 10.2 Å². The summed E-state index contributed by atoms with van der Waals surface area (Å²) >= 11 is 0. The molecule has 0 bridgehead atoms. The Kier molecular flexibility index (Phi) is 2.92. The van der Waals surface area contributed by atoms with Crippen molar-refractivity contribution in [2.24, 2.45) is 11.8 Å². The van der Waals surface area contributed by atoms with Crippen LogP contribution in [0.3, 0.4) is 0 Å². The second-order valence-electron chi connectivity index (χ2n) is 8.27. The van der Waals surface area contributed by atoms with E-state index in [-0.39, 0.29) is 0 Å². The fourth-order valence-electron chi connectivity index (χ4n) is 6.13. The van der Waals surface area contributed by atoms with Gasteiger partial charge >= 0.3 is 0 Å². The minimum absolute atomic E-state index is 0.599. The van der Waals surface area contributed by atoms with Gasteiger partial charge in [-0.1, -0.05) is 26.2 Å². The van der Waals surface area contributed by atoms with Gasteiger partial charge in [0.25, 0.3) is 0 Å². The number of aryl methyl sites for hydroxylation is 1. The molecule has 2 saturated carbocycles. The van der Waals surface area contributed by atoms with Crippen LogP contribution in [0.1, 0.15) is 63.5 Å². The van der Waals surface area contributed by atoms with Crippen molar-refractivity contribution in [3.63, 3.8) is 0 Å². The third kappa shape index (κ3) is 1.66. The molecule has 120 valence electrons. The minimum atomic E-state index is 0.599. The topological polar surface area (TPSA) is 20.2 Å². The van der Waals surface area contributed by atoms with Crippen molar-refractivity contribution in [1.82, 2.24) is 9.88 Å². The van der Waals surface area contributed by atoms with Crippen molar-refractivity contribution in [3.05, 3.63) is 17.8 Å². The Hall–Kier alpha value is -0.960. The van der Waals surface area contributed by atoms with E-state index in [2.05, 4.69) is 40.9 Å². The molecule has 6 atom stereocenters. The number of anilines is 1. The molecule has 0 amide bonds. The van der Waals surface area contributed by atoms with Gasteiger partial charge in [-0.15, -0.1) is 0 Å². The smallest absolute Gasteiger partial charge is 0.113 e. The van der Waals surface area contributed by atoms with E-state index in [0.717, 1.165) is 23.9 Å². The van der Waals surface area contributed by atoms with E-state index in [9.17, 15) is 0 Å². The summed E-state index contributed by atoms with van der Waals surface area (Å²) in [5.41, 5.74) is 1.48. The van der Waals surface area contributed by atoms with Gasteiger partial charge in [0.05, 0.1) is 6.17 Å². The molecule has 3 nitrogen and oxygen atoms in total. The van der Waals surface area contributed by atoms with E-state index in [0.29, 0.717) is 12.2 Å². The van der Waals surface area contributed by atoms with Crippen LogP contribution in [0.15, 0.2) is 12.3 Å². The third-order valence-corrected chi connectivity index (χ3v) is 7.05. The number of hydrogen-bond acceptors (Lipinski definition) is 2. The number of nitrogens with one attached hydrogen (secondary N) is 1. The van der Waals surface area contributed by atoms with Crippen molar-refractivity contribution < 1.29 is 0 Å². The van der Waals surface area contributed by atoms with Gasteiger partial charge in [-0.3, -0.25) is 5.32 Å². The predicted molar refractivity (Wildman–Crippen MR) is 90.2 cm³/mol. The van der Waals surface area contributed by atoms with Crippen LogP contribution in [0.2, 0.25) is 0 Å². The minimum Gasteiger partial charge on any atom is -0.337 e. The summed E-state index contributed by atoms with van der Waals surface area (Å²) in [6.45, 7) is 4.79. The second kappa shape index (κ2) is 4.77. The monoisotopic (exact) mass is 299 g/mol. The van der Waals surface area contributed by atoms with Gasteiger partial charge in [0.1, 0.15) is 5.82 Å². The van der Waals surface area contributed by atoms with E-state index in [1.807, 2.05) is 0 Å². The highest BCUT2D eigenvalue weighted by molar-refractivity contribution is 5.55. The molecule has 1 N–H and O–H groups in total. The molecule has 1 aromatic heterocycles. The molecule has 1 aromatic rings. The van der Waals surface area contributed by atoms with Crippen molar-refractivity contribution in [2.45, 2.75) is 83.1 Å². The van der Waals surface area contributed by atoms with Crippen molar-refractivity contribution >= 4 is 5.82 Å². The molecule has 0 radical (unpaired) electrons. The van der Waals surface area contributed by atoms with Crippen LogP contribution in [0, 0.1) is 18.8 Å². The average molecular weight is 299 g/mol. The predicted octanol–water partition coefficient (Wildman–Crippen LogP) is 3.83. The zero-order valence-corrected chi connectivity index (χ0v) is 14.0. The van der Waals surface area contributed by atoms with Gasteiger partial charge in [-0.05, 0) is 50.2 Å². The first-order valence-electron chi connectivity index (χ1n) is 9.47. The highest BCUT2D eigenvalue weighted by Gasteiger charge is 2.53. The average Bonchev–Trinajstić information content (AvgIpc) is 3.09. The van der Waals surface area contributed by atoms with Crippen molar-refractivity contribution in [3.8, 4) is 0 Å². The molecule has 3 heterocycles. The first-order valence-corrected chi connectivity index (χ1v) is 9.47. The zero-order valence-electron chi connectivity index (χ0n) is 14.0. The molecule has 3 fully saturated rings. The van der Waals surface area contributed by atoms with E-state index < -0.39 is 0 Å². The molecular weight excluding hydrogens is 270 g/mol. The third-order valence-electron chi connectivity index (χ3n) is 7.05. The number of nitrogens with zero attached hydrogens (tertiary/aromatic N) is 2. The lowest BCUT2D eigenvalue weighted by Crippen LogP contribution is -2.54. The van der Waals surface area contributed by atoms with Crippen LogP contribution in [-0.2, 0) is 0 Å². The highest BCUT2D eigenvalue weighted by atomic mass is 15.4. The quantitative estimate of drug-likeness (QED) is 0.785. The van der Waals surface area contributed by atoms with E-state index in [1.165, 1.54) is 50.5 Å². The summed E-state index contributed by atoms with van der Waals surface area (Å²) in [5.74, 6) is 3.17. The Balaban J connectivity index is 1.64. The van der Waals surface area contributed by atoms with E-state index in [4.69, 9.17) is 0 Å². The van der Waals surface area contributed by atoms with Crippen LogP contribution in [0.25, 0.3) is 0 Å². The second-order valence-corrected chi connectivity index (χ2v) is 8.27. The van der Waals surface area contributed by atoms with Crippen LogP contribution >= 0.6 is 0 Å². The van der Waals surface area contributed by atoms with Crippen molar-refractivity contribution in [1.29, 1.82) is 0 Å². The van der Waals surface area contributed by atoms with Gasteiger partial charge in [-0.2, -0.15) is 0 Å². The fraction of sp³-hybridized carbons (Fsp3) is 0.789. The highest BCUT2D eigenvalue weighted by Crippen LogP contribution is 2.50. The summed E-state index contributed by atoms with van der Waals surface area (Å²) in [4.78, 5) is 2.83. The maximum atomic E-state index is 4.09. The van der Waals surface area contributed by atoms with Gasteiger partial charge in [0.2, 0.25) is 0 Å². The van der Waals surface area contributed by atoms with Gasteiger partial charge in [0, 0.05) is 30.2 Å². The van der Waals surface area contributed by atoms with Crippen LogP contribution in [0.5, 0.6) is 0 Å². The lowest BCUT2D eigenvalue weighted by Gasteiger charge is -2.49. The molecule has 0 spiro atoms. The summed E-state index contributed by atoms with van der Waals surface area (Å²) in [7, 11) is 0. The largest absolute Gasteiger partial charge is 0.337 e. The first-order chi connectivity index (χ1) is 10.8. The Labute approximate surface area is 134 Å². The zero-order chi connectivity index (χ0) is 14.8. The van der Waals surface area contributed by atoms with E-state index in [1.54, 1.807) is 5.82 Å². The van der Waals surface area contributed by atoms with E-state index >= 15 is 0 Å². The molecule has 4 aliphatic rings. The molecule has 0 aromatic carbocycles. The Morgan fingerprint density at radius 1 is 1.09 bits per heavy atom. The Morgan fingerprint density at radius 2 is 1.95 bits per heavy atom. The van der Waals surface area contributed by atoms with Crippen LogP contribution in [0.4, 0.5) is 5.82 Å². The number of hydrogen-bond donors (Lipinski definition) is 1. The van der Waals surface area contributed by atoms with Gasteiger partial charge < -0.3 is 9.47 Å². The van der Waals surface area contributed by atoms with Gasteiger partial charge in [0.15, 0.2) is 0 Å². The molecular formula is C19H29N3. The number of rotatable bonds is 0. The normalized spacial score (nSPS) is 43.3. The first kappa shape index (κ1) is 13.5. The lowest BCUT2D eigenvalue weighted by atomic mass is 9.79. The molecule has 6 unspecified atom stereocenters. The van der Waals surface area contributed by atoms with Crippen LogP contribution in [-0.4, -0.2) is 22.8 Å². The maximum Gasteiger partial charge on any atom is 0.113 e. The number of fused-ring (bicyclic) bond motifs is 8. The standard InChI is InChI=1S/C19H29N3/c1-12-6-5-8-15-17(12)22-18(20-15)14-7-3-4-9-16(14)21-11-10-13(2)19(21)22/h10-12,14-18,20H,3-9H2,1-2H3. The van der Waals surface area contributed by atoms with Crippen molar-refractivity contribution in [2.75, 3.05) is 4.90 Å². The summed E-state index contributed by atoms with van der Waals surface area (Å²) in [5, 5.41) is 4.09. The summed E-state index contributed by atoms with van der Waals surface area (Å²) in [6, 6.07) is 4.53. The summed E-state index contributed by atoms with van der Waals surface area (Å²) < 4.78 is 2.65. The number of aromatic nitrogens is 1. The molecule has 1 saturated heterocycles. The molecule has 3 heteroatoms. The SMILES string of the molecule is Cc1ccn2c1N1C(NC3CCCC(C)C31)C1CCCCC12. The Bertz CT molecular complexity index is 577.